The Hall–Kier alpha value is -1.03. The summed E-state index contributed by atoms with van der Waals surface area (Å²) in [5.74, 6) is 3.07. The van der Waals surface area contributed by atoms with Crippen molar-refractivity contribution >= 4 is 26.0 Å². The van der Waals surface area contributed by atoms with Crippen molar-refractivity contribution in [3.8, 4) is 18.1 Å². The van der Waals surface area contributed by atoms with Crippen LogP contribution in [0.15, 0.2) is 27.6 Å². The van der Waals surface area contributed by atoms with Gasteiger partial charge in [-0.25, -0.2) is 13.6 Å². The molecule has 0 aromatic heterocycles. The van der Waals surface area contributed by atoms with E-state index in [-0.39, 0.29) is 4.90 Å². The largest absolute Gasteiger partial charge is 0.492 e. The van der Waals surface area contributed by atoms with Gasteiger partial charge >= 0.3 is 0 Å². The van der Waals surface area contributed by atoms with Crippen LogP contribution in [0, 0.1) is 12.3 Å². The predicted octanol–water partition coefficient (Wildman–Crippen LogP) is 1.89. The molecule has 6 heteroatoms. The van der Waals surface area contributed by atoms with E-state index in [9.17, 15) is 8.42 Å². The number of unbranched alkanes of at least 4 members (excludes halogenated alkanes) is 1. The summed E-state index contributed by atoms with van der Waals surface area (Å²) in [7, 11) is -3.68. The highest BCUT2D eigenvalue weighted by Crippen LogP contribution is 2.27. The van der Waals surface area contributed by atoms with Crippen molar-refractivity contribution in [3.05, 3.63) is 22.7 Å². The average molecular weight is 318 g/mol. The molecule has 0 fully saturated rings. The number of hydrogen-bond acceptors (Lipinski definition) is 3. The van der Waals surface area contributed by atoms with E-state index < -0.39 is 10.0 Å². The highest BCUT2D eigenvalue weighted by atomic mass is 79.9. The summed E-state index contributed by atoms with van der Waals surface area (Å²) in [4.78, 5) is 0.0420. The Labute approximate surface area is 109 Å². The van der Waals surface area contributed by atoms with E-state index in [1.165, 1.54) is 12.1 Å². The average Bonchev–Trinajstić information content (AvgIpc) is 2.24. The number of halogens is 1. The zero-order valence-corrected chi connectivity index (χ0v) is 11.4. The maximum atomic E-state index is 11.1. The van der Waals surface area contributed by atoms with Gasteiger partial charge < -0.3 is 4.74 Å². The molecule has 0 amide bonds. The van der Waals surface area contributed by atoms with Crippen molar-refractivity contribution < 1.29 is 13.2 Å². The lowest BCUT2D eigenvalue weighted by Gasteiger charge is -2.08. The lowest BCUT2D eigenvalue weighted by molar-refractivity contribution is 0.311. The van der Waals surface area contributed by atoms with Crippen LogP contribution in [0.4, 0.5) is 0 Å². The lowest BCUT2D eigenvalue weighted by Crippen LogP contribution is -2.12. The Kier molecular flexibility index (Phi) is 5.00. The fourth-order valence-corrected chi connectivity index (χ4v) is 2.32. The molecule has 0 unspecified atom stereocenters. The molecule has 0 heterocycles. The minimum Gasteiger partial charge on any atom is -0.492 e. The molecular formula is C11H12BrNO3S. The zero-order chi connectivity index (χ0) is 12.9. The Balaban J connectivity index is 2.74. The molecule has 0 bridgehead atoms. The molecule has 4 nitrogen and oxygen atoms in total. The number of rotatable bonds is 5. The molecule has 0 radical (unpaired) electrons. The van der Waals surface area contributed by atoms with Gasteiger partial charge in [-0.15, -0.1) is 12.3 Å². The number of primary sulfonamides is 1. The van der Waals surface area contributed by atoms with Crippen LogP contribution < -0.4 is 9.88 Å². The summed E-state index contributed by atoms with van der Waals surface area (Å²) in [5.41, 5.74) is 0. The van der Waals surface area contributed by atoms with Crippen molar-refractivity contribution in [2.24, 2.45) is 5.14 Å². The summed E-state index contributed by atoms with van der Waals surface area (Å²) in [6.07, 6.45) is 6.51. The summed E-state index contributed by atoms with van der Waals surface area (Å²) >= 11 is 3.22. The zero-order valence-electron chi connectivity index (χ0n) is 9.02. The van der Waals surface area contributed by atoms with Crippen LogP contribution in [0.25, 0.3) is 0 Å². The molecule has 0 aliphatic heterocycles. The number of hydrogen-bond donors (Lipinski definition) is 1. The van der Waals surface area contributed by atoms with Crippen LogP contribution in [-0.4, -0.2) is 15.0 Å². The minimum atomic E-state index is -3.68. The van der Waals surface area contributed by atoms with E-state index in [4.69, 9.17) is 16.3 Å². The first-order chi connectivity index (χ1) is 7.95. The van der Waals surface area contributed by atoms with Gasteiger partial charge in [0.1, 0.15) is 5.75 Å². The normalized spacial score (nSPS) is 10.9. The number of benzene rings is 1. The molecule has 17 heavy (non-hydrogen) atoms. The van der Waals surface area contributed by atoms with E-state index >= 15 is 0 Å². The number of ether oxygens (including phenoxy) is 1. The third kappa shape index (κ3) is 4.38. The van der Waals surface area contributed by atoms with Gasteiger partial charge in [0, 0.05) is 6.42 Å². The second-order valence-electron chi connectivity index (χ2n) is 3.29. The van der Waals surface area contributed by atoms with Crippen LogP contribution in [0.5, 0.6) is 5.75 Å². The molecule has 0 aliphatic carbocycles. The Morgan fingerprint density at radius 1 is 1.47 bits per heavy atom. The summed E-state index contributed by atoms with van der Waals surface area (Å²) in [5, 5.41) is 5.00. The van der Waals surface area contributed by atoms with Gasteiger partial charge in [-0.05, 0) is 40.5 Å². The topological polar surface area (TPSA) is 69.4 Å². The van der Waals surface area contributed by atoms with Crippen molar-refractivity contribution in [2.45, 2.75) is 17.7 Å². The van der Waals surface area contributed by atoms with Crippen molar-refractivity contribution in [2.75, 3.05) is 6.61 Å². The second kappa shape index (κ2) is 6.05. The van der Waals surface area contributed by atoms with E-state index in [2.05, 4.69) is 21.9 Å². The number of sulfonamides is 1. The lowest BCUT2D eigenvalue weighted by atomic mass is 10.3. The smallest absolute Gasteiger partial charge is 0.238 e. The van der Waals surface area contributed by atoms with Gasteiger partial charge in [-0.3, -0.25) is 0 Å². The Bertz CT molecular complexity index is 534. The molecule has 92 valence electrons. The number of nitrogens with two attached hydrogens (primary N) is 1. The Morgan fingerprint density at radius 3 is 2.71 bits per heavy atom. The molecule has 0 saturated carbocycles. The second-order valence-corrected chi connectivity index (χ2v) is 5.71. The summed E-state index contributed by atoms with van der Waals surface area (Å²) < 4.78 is 28.2. The van der Waals surface area contributed by atoms with Gasteiger partial charge in [-0.1, -0.05) is 0 Å². The highest BCUT2D eigenvalue weighted by Gasteiger charge is 2.10. The van der Waals surface area contributed by atoms with E-state index in [1.54, 1.807) is 6.07 Å². The van der Waals surface area contributed by atoms with Crippen molar-refractivity contribution in [3.63, 3.8) is 0 Å². The van der Waals surface area contributed by atoms with Crippen LogP contribution in [0.3, 0.4) is 0 Å². The molecule has 0 aliphatic rings. The monoisotopic (exact) mass is 317 g/mol. The first kappa shape index (κ1) is 14.0. The van der Waals surface area contributed by atoms with Crippen LogP contribution in [0.2, 0.25) is 0 Å². The van der Waals surface area contributed by atoms with Gasteiger partial charge in [0.25, 0.3) is 0 Å². The maximum absolute atomic E-state index is 11.1. The third-order valence-corrected chi connectivity index (χ3v) is 3.49. The molecule has 1 aromatic rings. The molecule has 1 rings (SSSR count). The van der Waals surface area contributed by atoms with Gasteiger partial charge in [0.05, 0.1) is 16.0 Å². The standard InChI is InChI=1S/C11H12BrNO3S/c1-2-3-4-7-16-11-6-5-9(8-10(11)12)17(13,14)15/h1,5-6,8H,3-4,7H2,(H2,13,14,15). The van der Waals surface area contributed by atoms with E-state index in [0.717, 1.165) is 6.42 Å². The van der Waals surface area contributed by atoms with E-state index in [0.29, 0.717) is 23.2 Å². The molecule has 0 atom stereocenters. The quantitative estimate of drug-likeness (QED) is 0.666. The predicted molar refractivity (Wildman–Crippen MR) is 69.1 cm³/mol. The third-order valence-electron chi connectivity index (χ3n) is 1.95. The first-order valence-electron chi connectivity index (χ1n) is 4.84. The highest BCUT2D eigenvalue weighted by molar-refractivity contribution is 9.10. The molecular weight excluding hydrogens is 306 g/mol. The van der Waals surface area contributed by atoms with Crippen molar-refractivity contribution in [1.82, 2.24) is 0 Å². The molecule has 0 spiro atoms. The summed E-state index contributed by atoms with van der Waals surface area (Å²) in [6, 6.07) is 4.36. The van der Waals surface area contributed by atoms with Crippen molar-refractivity contribution in [1.29, 1.82) is 0 Å². The van der Waals surface area contributed by atoms with E-state index in [1.807, 2.05) is 0 Å². The minimum absolute atomic E-state index is 0.0420. The Morgan fingerprint density at radius 2 is 2.18 bits per heavy atom. The fraction of sp³-hybridized carbons (Fsp3) is 0.273. The first-order valence-corrected chi connectivity index (χ1v) is 7.17. The van der Waals surface area contributed by atoms with Crippen LogP contribution in [-0.2, 0) is 10.0 Å². The van der Waals surface area contributed by atoms with Gasteiger partial charge in [-0.2, -0.15) is 0 Å². The SMILES string of the molecule is C#CCCCOc1ccc(S(N)(=O)=O)cc1Br. The van der Waals surface area contributed by atoms with Gasteiger partial charge in [0.15, 0.2) is 0 Å². The molecule has 2 N–H and O–H groups in total. The molecule has 0 saturated heterocycles. The van der Waals surface area contributed by atoms with Crippen LogP contribution >= 0.6 is 15.9 Å². The summed E-state index contributed by atoms with van der Waals surface area (Å²) in [6.45, 7) is 0.484. The fourth-order valence-electron chi connectivity index (χ4n) is 1.13. The van der Waals surface area contributed by atoms with Gasteiger partial charge in [0.2, 0.25) is 10.0 Å². The molecule has 1 aromatic carbocycles. The maximum Gasteiger partial charge on any atom is 0.238 e. The number of terminal acetylenes is 1. The van der Waals surface area contributed by atoms with Crippen LogP contribution in [0.1, 0.15) is 12.8 Å².